The molecule has 0 aromatic rings. The quantitative estimate of drug-likeness (QED) is 0.711. The molecule has 4 nitrogen and oxygen atoms in total. The molecule has 112 valence electrons. The third-order valence-corrected chi connectivity index (χ3v) is 4.84. The molecule has 0 saturated heterocycles. The van der Waals surface area contributed by atoms with Crippen LogP contribution in [0, 0.1) is 5.41 Å². The first-order chi connectivity index (χ1) is 9.02. The second kappa shape index (κ2) is 7.25. The number of nitrogens with two attached hydrogens (primary N) is 1. The summed E-state index contributed by atoms with van der Waals surface area (Å²) in [7, 11) is 1.69. The van der Waals surface area contributed by atoms with Crippen LogP contribution in [0.3, 0.4) is 0 Å². The number of amides is 1. The number of carbonyl (C=O) groups is 1. The van der Waals surface area contributed by atoms with Crippen molar-refractivity contribution in [1.82, 2.24) is 5.32 Å². The Bertz CT molecular complexity index is 282. The van der Waals surface area contributed by atoms with Gasteiger partial charge in [-0.05, 0) is 32.1 Å². The highest BCUT2D eigenvalue weighted by molar-refractivity contribution is 5.83. The molecule has 0 heterocycles. The Balaban J connectivity index is 2.58. The van der Waals surface area contributed by atoms with Gasteiger partial charge in [-0.1, -0.05) is 26.7 Å². The van der Waals surface area contributed by atoms with E-state index in [1.807, 2.05) is 0 Å². The van der Waals surface area contributed by atoms with Crippen LogP contribution in [0.15, 0.2) is 0 Å². The lowest BCUT2D eigenvalue weighted by Gasteiger charge is -2.32. The molecule has 1 amide bonds. The fourth-order valence-corrected chi connectivity index (χ4v) is 2.88. The third-order valence-electron chi connectivity index (χ3n) is 4.84. The lowest BCUT2D eigenvalue weighted by Crippen LogP contribution is -2.52. The van der Waals surface area contributed by atoms with E-state index in [9.17, 15) is 4.79 Å². The maximum Gasteiger partial charge on any atom is 0.226 e. The summed E-state index contributed by atoms with van der Waals surface area (Å²) in [4.78, 5) is 12.5. The number of carbonyl (C=O) groups excluding carboxylic acids is 1. The molecule has 4 heteroatoms. The van der Waals surface area contributed by atoms with Crippen molar-refractivity contribution in [3.63, 3.8) is 0 Å². The van der Waals surface area contributed by atoms with Gasteiger partial charge >= 0.3 is 0 Å². The predicted octanol–water partition coefficient (Wildman–Crippen LogP) is 2.22. The minimum absolute atomic E-state index is 0.179. The molecule has 19 heavy (non-hydrogen) atoms. The average molecular weight is 270 g/mol. The standard InChI is InChI=1S/C15H30N2O2/c1-4-15(16,5-2)12-17-13(18)14(10-11-19-3)8-6-7-9-14/h4-12,16H2,1-3H3,(H,17,18). The second-order valence-corrected chi connectivity index (χ2v) is 5.98. The van der Waals surface area contributed by atoms with Gasteiger partial charge in [0.15, 0.2) is 0 Å². The Hall–Kier alpha value is -0.610. The van der Waals surface area contributed by atoms with Crippen molar-refractivity contribution in [3.05, 3.63) is 0 Å². The highest BCUT2D eigenvalue weighted by Crippen LogP contribution is 2.41. The topological polar surface area (TPSA) is 64.3 Å². The van der Waals surface area contributed by atoms with E-state index in [1.54, 1.807) is 7.11 Å². The van der Waals surface area contributed by atoms with Crippen molar-refractivity contribution in [2.75, 3.05) is 20.3 Å². The summed E-state index contributed by atoms with van der Waals surface area (Å²) >= 11 is 0. The number of methoxy groups -OCH3 is 1. The van der Waals surface area contributed by atoms with Gasteiger partial charge in [0, 0.05) is 25.8 Å². The van der Waals surface area contributed by atoms with Gasteiger partial charge in [-0.15, -0.1) is 0 Å². The van der Waals surface area contributed by atoms with Crippen molar-refractivity contribution >= 4 is 5.91 Å². The van der Waals surface area contributed by atoms with Gasteiger partial charge in [0.05, 0.1) is 5.41 Å². The molecular formula is C15H30N2O2. The molecule has 0 atom stereocenters. The first-order valence-electron chi connectivity index (χ1n) is 7.58. The molecule has 0 aliphatic heterocycles. The van der Waals surface area contributed by atoms with Gasteiger partial charge in [0.2, 0.25) is 5.91 Å². The molecule has 1 saturated carbocycles. The van der Waals surface area contributed by atoms with E-state index in [1.165, 1.54) is 0 Å². The van der Waals surface area contributed by atoms with Gasteiger partial charge in [0.1, 0.15) is 0 Å². The predicted molar refractivity (Wildman–Crippen MR) is 77.9 cm³/mol. The summed E-state index contributed by atoms with van der Waals surface area (Å²) in [6, 6.07) is 0. The van der Waals surface area contributed by atoms with Gasteiger partial charge in [-0.25, -0.2) is 0 Å². The Morgan fingerprint density at radius 3 is 2.37 bits per heavy atom. The Morgan fingerprint density at radius 1 is 1.32 bits per heavy atom. The molecule has 1 rings (SSSR count). The molecule has 3 N–H and O–H groups in total. The zero-order valence-corrected chi connectivity index (χ0v) is 12.8. The lowest BCUT2D eigenvalue weighted by molar-refractivity contribution is -0.132. The largest absolute Gasteiger partial charge is 0.385 e. The summed E-state index contributed by atoms with van der Waals surface area (Å²) in [5, 5.41) is 3.10. The minimum atomic E-state index is -0.267. The normalized spacial score (nSPS) is 18.5. The van der Waals surface area contributed by atoms with Crippen molar-refractivity contribution in [2.45, 2.75) is 64.3 Å². The SMILES string of the molecule is CCC(N)(CC)CNC(=O)C1(CCOC)CCCC1. The number of rotatable bonds is 8. The monoisotopic (exact) mass is 270 g/mol. The van der Waals surface area contributed by atoms with E-state index in [-0.39, 0.29) is 16.9 Å². The first kappa shape index (κ1) is 16.4. The van der Waals surface area contributed by atoms with Gasteiger partial charge < -0.3 is 15.8 Å². The van der Waals surface area contributed by atoms with Crippen LogP contribution in [0.5, 0.6) is 0 Å². The fourth-order valence-electron chi connectivity index (χ4n) is 2.88. The van der Waals surface area contributed by atoms with Crippen molar-refractivity contribution in [2.24, 2.45) is 11.1 Å². The Labute approximate surface area is 117 Å². The van der Waals surface area contributed by atoms with Crippen molar-refractivity contribution in [3.8, 4) is 0 Å². The van der Waals surface area contributed by atoms with E-state index < -0.39 is 0 Å². The maximum absolute atomic E-state index is 12.5. The minimum Gasteiger partial charge on any atom is -0.385 e. The molecule has 1 aliphatic rings. The molecule has 0 spiro atoms. The Morgan fingerprint density at radius 2 is 1.89 bits per heavy atom. The van der Waals surface area contributed by atoms with Crippen LogP contribution < -0.4 is 11.1 Å². The van der Waals surface area contributed by atoms with Crippen molar-refractivity contribution in [1.29, 1.82) is 0 Å². The molecule has 0 radical (unpaired) electrons. The summed E-state index contributed by atoms with van der Waals surface area (Å²) in [6.45, 7) is 5.38. The number of hydrogen-bond acceptors (Lipinski definition) is 3. The van der Waals surface area contributed by atoms with Gasteiger partial charge in [-0.3, -0.25) is 4.79 Å². The molecule has 1 aliphatic carbocycles. The number of ether oxygens (including phenoxy) is 1. The zero-order valence-electron chi connectivity index (χ0n) is 12.8. The summed E-state index contributed by atoms with van der Waals surface area (Å²) in [5.74, 6) is 0.179. The van der Waals surface area contributed by atoms with Crippen LogP contribution >= 0.6 is 0 Å². The van der Waals surface area contributed by atoms with Crippen LogP contribution in [-0.2, 0) is 9.53 Å². The van der Waals surface area contributed by atoms with E-state index in [0.29, 0.717) is 13.2 Å². The fraction of sp³-hybridized carbons (Fsp3) is 0.933. The first-order valence-corrected chi connectivity index (χ1v) is 7.58. The number of nitrogens with one attached hydrogen (secondary N) is 1. The second-order valence-electron chi connectivity index (χ2n) is 5.98. The van der Waals surface area contributed by atoms with E-state index in [0.717, 1.165) is 44.9 Å². The van der Waals surface area contributed by atoms with E-state index >= 15 is 0 Å². The molecular weight excluding hydrogens is 240 g/mol. The molecule has 1 fully saturated rings. The highest BCUT2D eigenvalue weighted by Gasteiger charge is 2.41. The summed E-state index contributed by atoms with van der Waals surface area (Å²) in [5.41, 5.74) is 5.77. The van der Waals surface area contributed by atoms with Gasteiger partial charge in [0.25, 0.3) is 0 Å². The molecule has 0 aromatic carbocycles. The van der Waals surface area contributed by atoms with Crippen LogP contribution in [0.4, 0.5) is 0 Å². The van der Waals surface area contributed by atoms with Crippen LogP contribution in [0.25, 0.3) is 0 Å². The van der Waals surface area contributed by atoms with Crippen LogP contribution in [0.2, 0.25) is 0 Å². The lowest BCUT2D eigenvalue weighted by atomic mass is 9.81. The molecule has 0 bridgehead atoms. The van der Waals surface area contributed by atoms with Gasteiger partial charge in [-0.2, -0.15) is 0 Å². The summed E-state index contributed by atoms with van der Waals surface area (Å²) < 4.78 is 5.16. The van der Waals surface area contributed by atoms with Crippen LogP contribution in [-0.4, -0.2) is 31.7 Å². The Kier molecular flexibility index (Phi) is 6.27. The third kappa shape index (κ3) is 4.18. The smallest absolute Gasteiger partial charge is 0.226 e. The van der Waals surface area contributed by atoms with Crippen molar-refractivity contribution < 1.29 is 9.53 Å². The highest BCUT2D eigenvalue weighted by atomic mass is 16.5. The number of hydrogen-bond donors (Lipinski definition) is 2. The maximum atomic E-state index is 12.5. The van der Waals surface area contributed by atoms with Crippen LogP contribution in [0.1, 0.15) is 58.8 Å². The molecule has 0 unspecified atom stereocenters. The zero-order chi connectivity index (χ0) is 14.4. The molecule has 0 aromatic heterocycles. The van der Waals surface area contributed by atoms with E-state index in [4.69, 9.17) is 10.5 Å². The average Bonchev–Trinajstić information content (AvgIpc) is 2.92. The summed E-state index contributed by atoms with van der Waals surface area (Å²) in [6.07, 6.45) is 6.85. The van der Waals surface area contributed by atoms with E-state index in [2.05, 4.69) is 19.2 Å².